The molecule has 1 atom stereocenters. The summed E-state index contributed by atoms with van der Waals surface area (Å²) in [6.07, 6.45) is 1.57. The maximum absolute atomic E-state index is 11.9. The Hall–Kier alpha value is -2.70. The fourth-order valence-electron chi connectivity index (χ4n) is 1.93. The summed E-state index contributed by atoms with van der Waals surface area (Å²) in [7, 11) is 1.81. The van der Waals surface area contributed by atoms with Gasteiger partial charge in [0, 0.05) is 18.3 Å². The van der Waals surface area contributed by atoms with E-state index >= 15 is 0 Å². The molecule has 1 unspecified atom stereocenters. The minimum atomic E-state index is -0.369. The van der Waals surface area contributed by atoms with Crippen LogP contribution in [-0.4, -0.2) is 26.6 Å². The van der Waals surface area contributed by atoms with Crippen LogP contribution >= 0.6 is 0 Å². The summed E-state index contributed by atoms with van der Waals surface area (Å²) >= 11 is 0. The van der Waals surface area contributed by atoms with Crippen molar-refractivity contribution in [3.8, 4) is 0 Å². The average molecular weight is 287 g/mol. The van der Waals surface area contributed by atoms with Gasteiger partial charge in [-0.2, -0.15) is 0 Å². The molecule has 0 spiro atoms. The second-order valence-corrected chi connectivity index (χ2v) is 4.76. The number of hydrogen-bond donors (Lipinski definition) is 2. The van der Waals surface area contributed by atoms with Crippen LogP contribution < -0.4 is 10.6 Å². The molecule has 7 heteroatoms. The number of nitrogens with one attached hydrogen (secondary N) is 2. The summed E-state index contributed by atoms with van der Waals surface area (Å²) in [5.41, 5.74) is 1.11. The molecule has 0 radical (unpaired) electrons. The summed E-state index contributed by atoms with van der Waals surface area (Å²) in [6, 6.07) is 6.12. The Morgan fingerprint density at radius 2 is 2.10 bits per heavy atom. The number of rotatable bonds is 4. The molecule has 0 aliphatic rings. The minimum Gasteiger partial charge on any atom is -0.328 e. The van der Waals surface area contributed by atoms with E-state index in [9.17, 15) is 9.59 Å². The Kier molecular flexibility index (Phi) is 4.32. The number of ketones is 1. The summed E-state index contributed by atoms with van der Waals surface area (Å²) < 4.78 is 1.74. The van der Waals surface area contributed by atoms with Gasteiger partial charge >= 0.3 is 6.03 Å². The highest BCUT2D eigenvalue weighted by Crippen LogP contribution is 2.12. The van der Waals surface area contributed by atoms with Crippen LogP contribution in [0, 0.1) is 0 Å². The van der Waals surface area contributed by atoms with Crippen LogP contribution in [-0.2, 0) is 7.05 Å². The molecule has 1 aromatic carbocycles. The quantitative estimate of drug-likeness (QED) is 0.840. The molecule has 2 rings (SSSR count). The Balaban J connectivity index is 2.00. The van der Waals surface area contributed by atoms with Gasteiger partial charge in [0.25, 0.3) is 0 Å². The van der Waals surface area contributed by atoms with Gasteiger partial charge in [-0.3, -0.25) is 4.79 Å². The number of hydrogen-bond acceptors (Lipinski definition) is 4. The highest BCUT2D eigenvalue weighted by Gasteiger charge is 2.14. The van der Waals surface area contributed by atoms with Crippen LogP contribution in [0.1, 0.15) is 36.1 Å². The van der Waals surface area contributed by atoms with E-state index < -0.39 is 0 Å². The van der Waals surface area contributed by atoms with Crippen molar-refractivity contribution in [3.05, 3.63) is 42.0 Å². The van der Waals surface area contributed by atoms with Crippen molar-refractivity contribution in [1.82, 2.24) is 20.1 Å². The van der Waals surface area contributed by atoms with E-state index in [1.807, 2.05) is 14.0 Å². The van der Waals surface area contributed by atoms with Gasteiger partial charge in [-0.05, 0) is 26.0 Å². The van der Waals surface area contributed by atoms with Crippen LogP contribution in [0.4, 0.5) is 10.5 Å². The zero-order valence-electron chi connectivity index (χ0n) is 12.1. The molecular formula is C14H17N5O2. The van der Waals surface area contributed by atoms with E-state index in [1.165, 1.54) is 6.92 Å². The number of aromatic nitrogens is 3. The molecule has 0 bridgehead atoms. The molecule has 1 aromatic heterocycles. The fourth-order valence-corrected chi connectivity index (χ4v) is 1.93. The van der Waals surface area contributed by atoms with Crippen LogP contribution in [0.3, 0.4) is 0 Å². The molecular weight excluding hydrogens is 270 g/mol. The van der Waals surface area contributed by atoms with Crippen LogP contribution in [0.15, 0.2) is 30.6 Å². The van der Waals surface area contributed by atoms with Gasteiger partial charge in [0.05, 0.1) is 6.04 Å². The lowest BCUT2D eigenvalue weighted by atomic mass is 10.1. The summed E-state index contributed by atoms with van der Waals surface area (Å²) in [6.45, 7) is 3.30. The Bertz CT molecular complexity index is 665. The number of anilines is 1. The van der Waals surface area contributed by atoms with Crippen LogP contribution in [0.5, 0.6) is 0 Å². The number of carbonyl (C=O) groups is 2. The summed E-state index contributed by atoms with van der Waals surface area (Å²) in [4.78, 5) is 23.3. The van der Waals surface area contributed by atoms with Gasteiger partial charge in [-0.15, -0.1) is 10.2 Å². The molecule has 0 saturated heterocycles. The molecule has 2 amide bonds. The van der Waals surface area contributed by atoms with Gasteiger partial charge in [-0.25, -0.2) is 4.79 Å². The second-order valence-electron chi connectivity index (χ2n) is 4.76. The Labute approximate surface area is 122 Å². The van der Waals surface area contributed by atoms with E-state index in [-0.39, 0.29) is 17.9 Å². The molecule has 7 nitrogen and oxygen atoms in total. The number of nitrogens with zero attached hydrogens (tertiary/aromatic N) is 3. The predicted molar refractivity (Wildman–Crippen MR) is 78.0 cm³/mol. The lowest BCUT2D eigenvalue weighted by Gasteiger charge is -2.14. The fraction of sp³-hybridized carbons (Fsp3) is 0.286. The van der Waals surface area contributed by atoms with Crippen molar-refractivity contribution < 1.29 is 9.59 Å². The molecule has 1 heterocycles. The highest BCUT2D eigenvalue weighted by molar-refractivity contribution is 5.96. The smallest absolute Gasteiger partial charge is 0.319 e. The van der Waals surface area contributed by atoms with Gasteiger partial charge in [0.15, 0.2) is 11.6 Å². The third-order valence-corrected chi connectivity index (χ3v) is 3.01. The predicted octanol–water partition coefficient (Wildman–Crippen LogP) is 1.90. The van der Waals surface area contributed by atoms with Crippen molar-refractivity contribution in [3.63, 3.8) is 0 Å². The van der Waals surface area contributed by atoms with E-state index in [4.69, 9.17) is 0 Å². The van der Waals surface area contributed by atoms with Crippen molar-refractivity contribution in [2.24, 2.45) is 7.05 Å². The highest BCUT2D eigenvalue weighted by atomic mass is 16.2. The molecule has 0 saturated carbocycles. The van der Waals surface area contributed by atoms with E-state index in [1.54, 1.807) is 35.2 Å². The molecule has 2 aromatic rings. The van der Waals surface area contributed by atoms with Crippen molar-refractivity contribution >= 4 is 17.5 Å². The third kappa shape index (κ3) is 3.65. The van der Waals surface area contributed by atoms with Crippen molar-refractivity contribution in [2.75, 3.05) is 5.32 Å². The number of carbonyl (C=O) groups excluding carboxylic acids is 2. The van der Waals surface area contributed by atoms with Crippen molar-refractivity contribution in [2.45, 2.75) is 19.9 Å². The second kappa shape index (κ2) is 6.17. The van der Waals surface area contributed by atoms with Gasteiger partial charge in [0.2, 0.25) is 0 Å². The van der Waals surface area contributed by atoms with E-state index in [0.29, 0.717) is 17.1 Å². The Morgan fingerprint density at radius 1 is 1.33 bits per heavy atom. The van der Waals surface area contributed by atoms with Gasteiger partial charge in [0.1, 0.15) is 6.33 Å². The van der Waals surface area contributed by atoms with E-state index in [0.717, 1.165) is 0 Å². The van der Waals surface area contributed by atoms with Crippen molar-refractivity contribution in [1.29, 1.82) is 0 Å². The largest absolute Gasteiger partial charge is 0.328 e. The maximum atomic E-state index is 11.9. The standard InChI is InChI=1S/C14H17N5O2/c1-9(13-18-15-8-19(13)3)16-14(21)17-12-6-4-5-11(7-12)10(2)20/h4-9H,1-3H3,(H2,16,17,21). The Morgan fingerprint density at radius 3 is 2.71 bits per heavy atom. The maximum Gasteiger partial charge on any atom is 0.319 e. The first-order valence-electron chi connectivity index (χ1n) is 6.50. The van der Waals surface area contributed by atoms with Crippen LogP contribution in [0.25, 0.3) is 0 Å². The number of benzene rings is 1. The lowest BCUT2D eigenvalue weighted by molar-refractivity contribution is 0.101. The molecule has 21 heavy (non-hydrogen) atoms. The molecule has 0 aliphatic carbocycles. The summed E-state index contributed by atoms with van der Waals surface area (Å²) in [5.74, 6) is 0.606. The lowest BCUT2D eigenvalue weighted by Crippen LogP contribution is -2.32. The monoisotopic (exact) mass is 287 g/mol. The SMILES string of the molecule is CC(=O)c1cccc(NC(=O)NC(C)c2nncn2C)c1. The zero-order valence-corrected chi connectivity index (χ0v) is 12.1. The van der Waals surface area contributed by atoms with E-state index in [2.05, 4.69) is 20.8 Å². The number of urea groups is 1. The molecule has 0 aliphatic heterocycles. The third-order valence-electron chi connectivity index (χ3n) is 3.01. The molecule has 110 valence electrons. The average Bonchev–Trinajstić information content (AvgIpc) is 2.85. The topological polar surface area (TPSA) is 88.9 Å². The normalized spacial score (nSPS) is 11.8. The van der Waals surface area contributed by atoms with Crippen LogP contribution in [0.2, 0.25) is 0 Å². The summed E-state index contributed by atoms with van der Waals surface area (Å²) in [5, 5.41) is 13.2. The first-order valence-corrected chi connectivity index (χ1v) is 6.50. The molecule has 2 N–H and O–H groups in total. The van der Waals surface area contributed by atoms with Gasteiger partial charge in [-0.1, -0.05) is 12.1 Å². The molecule has 0 fully saturated rings. The zero-order chi connectivity index (χ0) is 15.4. The minimum absolute atomic E-state index is 0.0495. The first-order chi connectivity index (χ1) is 9.97. The number of Topliss-reactive ketones (excluding diaryl/α,β-unsaturated/α-hetero) is 1. The van der Waals surface area contributed by atoms with Gasteiger partial charge < -0.3 is 15.2 Å². The number of aryl methyl sites for hydroxylation is 1. The first kappa shape index (κ1) is 14.7. The number of amides is 2.